The lowest BCUT2D eigenvalue weighted by Gasteiger charge is -2.19. The topological polar surface area (TPSA) is 39.2 Å². The summed E-state index contributed by atoms with van der Waals surface area (Å²) in [6, 6.07) is 3.67. The van der Waals surface area contributed by atoms with Gasteiger partial charge in [-0.3, -0.25) is 0 Å². The molecule has 1 atom stereocenters. The number of nitrogens with zero attached hydrogens (tertiary/aromatic N) is 1. The van der Waals surface area contributed by atoms with Crippen molar-refractivity contribution in [2.45, 2.75) is 18.8 Å². The van der Waals surface area contributed by atoms with Crippen LogP contribution in [0.25, 0.3) is 0 Å². The molecule has 4 heteroatoms. The third kappa shape index (κ3) is 1.90. The molecule has 2 heterocycles. The van der Waals surface area contributed by atoms with E-state index in [1.165, 1.54) is 0 Å². The van der Waals surface area contributed by atoms with E-state index in [-0.39, 0.29) is 0 Å². The number of pyridine rings is 1. The molecule has 0 amide bonds. The van der Waals surface area contributed by atoms with Gasteiger partial charge in [0.05, 0.1) is 17.7 Å². The Kier molecular flexibility index (Phi) is 2.76. The number of ether oxygens (including phenoxy) is 1. The SMILES string of the molecule is Cc1cc(Cl)nc(C2(C=O)CCOC2)c1. The van der Waals surface area contributed by atoms with Crippen LogP contribution in [0.15, 0.2) is 12.1 Å². The average molecular weight is 226 g/mol. The third-order valence-corrected chi connectivity index (χ3v) is 2.92. The number of rotatable bonds is 2. The van der Waals surface area contributed by atoms with E-state index in [1.807, 2.05) is 13.0 Å². The summed E-state index contributed by atoms with van der Waals surface area (Å²) in [5.74, 6) is 0. The molecule has 3 nitrogen and oxygen atoms in total. The molecule has 1 aromatic rings. The Balaban J connectivity index is 2.46. The van der Waals surface area contributed by atoms with Crippen LogP contribution in [0, 0.1) is 6.92 Å². The molecule has 1 aromatic heterocycles. The fraction of sp³-hybridized carbons (Fsp3) is 0.455. The van der Waals surface area contributed by atoms with Gasteiger partial charge in [0.25, 0.3) is 0 Å². The Morgan fingerprint density at radius 2 is 2.40 bits per heavy atom. The first-order valence-electron chi connectivity index (χ1n) is 4.85. The van der Waals surface area contributed by atoms with Crippen LogP contribution in [0.4, 0.5) is 0 Å². The van der Waals surface area contributed by atoms with Gasteiger partial charge in [0, 0.05) is 6.61 Å². The van der Waals surface area contributed by atoms with Crippen molar-refractivity contribution in [1.29, 1.82) is 0 Å². The van der Waals surface area contributed by atoms with E-state index in [4.69, 9.17) is 16.3 Å². The molecule has 1 saturated heterocycles. The van der Waals surface area contributed by atoms with Gasteiger partial charge < -0.3 is 9.53 Å². The zero-order valence-corrected chi connectivity index (χ0v) is 9.25. The molecule has 1 aliphatic rings. The van der Waals surface area contributed by atoms with Crippen molar-refractivity contribution in [3.05, 3.63) is 28.5 Å². The van der Waals surface area contributed by atoms with E-state index in [1.54, 1.807) is 6.07 Å². The smallest absolute Gasteiger partial charge is 0.134 e. The zero-order chi connectivity index (χ0) is 10.9. The normalized spacial score (nSPS) is 25.5. The van der Waals surface area contributed by atoms with E-state index in [2.05, 4.69) is 4.98 Å². The average Bonchev–Trinajstić information content (AvgIpc) is 2.65. The van der Waals surface area contributed by atoms with Gasteiger partial charge in [-0.2, -0.15) is 0 Å². The summed E-state index contributed by atoms with van der Waals surface area (Å²) in [6.45, 7) is 2.95. The molecule has 0 saturated carbocycles. The number of carbonyl (C=O) groups excluding carboxylic acids is 1. The van der Waals surface area contributed by atoms with Gasteiger partial charge in [0.2, 0.25) is 0 Å². The molecule has 0 spiro atoms. The standard InChI is InChI=1S/C11H12ClNO2/c1-8-4-9(13-10(12)5-8)11(6-14)2-3-15-7-11/h4-6H,2-3,7H2,1H3. The zero-order valence-electron chi connectivity index (χ0n) is 8.50. The minimum Gasteiger partial charge on any atom is -0.380 e. The highest BCUT2D eigenvalue weighted by Crippen LogP contribution is 2.31. The number of carbonyl (C=O) groups is 1. The summed E-state index contributed by atoms with van der Waals surface area (Å²) >= 11 is 5.88. The van der Waals surface area contributed by atoms with Crippen molar-refractivity contribution in [3.8, 4) is 0 Å². The van der Waals surface area contributed by atoms with Crippen molar-refractivity contribution >= 4 is 17.9 Å². The minimum atomic E-state index is -0.588. The fourth-order valence-electron chi connectivity index (χ4n) is 1.82. The second kappa shape index (κ2) is 3.91. The van der Waals surface area contributed by atoms with Crippen LogP contribution < -0.4 is 0 Å². The lowest BCUT2D eigenvalue weighted by molar-refractivity contribution is -0.112. The molecule has 0 radical (unpaired) electrons. The van der Waals surface area contributed by atoms with Gasteiger partial charge in [0.15, 0.2) is 0 Å². The van der Waals surface area contributed by atoms with Crippen molar-refractivity contribution in [1.82, 2.24) is 4.98 Å². The highest BCUT2D eigenvalue weighted by molar-refractivity contribution is 6.29. The Hall–Kier alpha value is -0.930. The second-order valence-electron chi connectivity index (χ2n) is 3.93. The predicted molar refractivity (Wildman–Crippen MR) is 57.2 cm³/mol. The Bertz CT molecular complexity index is 366. The van der Waals surface area contributed by atoms with E-state index in [0.29, 0.717) is 24.8 Å². The number of hydrogen-bond acceptors (Lipinski definition) is 3. The molecular weight excluding hydrogens is 214 g/mol. The van der Waals surface area contributed by atoms with E-state index < -0.39 is 5.41 Å². The number of halogens is 1. The summed E-state index contributed by atoms with van der Waals surface area (Å²) in [5.41, 5.74) is 1.15. The van der Waals surface area contributed by atoms with Crippen LogP contribution >= 0.6 is 11.6 Å². The molecule has 0 N–H and O–H groups in total. The van der Waals surface area contributed by atoms with E-state index >= 15 is 0 Å². The molecule has 15 heavy (non-hydrogen) atoms. The monoisotopic (exact) mass is 225 g/mol. The highest BCUT2D eigenvalue weighted by atomic mass is 35.5. The van der Waals surface area contributed by atoms with Gasteiger partial charge in [-0.1, -0.05) is 11.6 Å². The molecule has 2 rings (SSSR count). The second-order valence-corrected chi connectivity index (χ2v) is 4.32. The van der Waals surface area contributed by atoms with Crippen LogP contribution in [0.1, 0.15) is 17.7 Å². The van der Waals surface area contributed by atoms with Crippen molar-refractivity contribution in [2.24, 2.45) is 0 Å². The lowest BCUT2D eigenvalue weighted by Crippen LogP contribution is -2.29. The van der Waals surface area contributed by atoms with Crippen molar-refractivity contribution in [2.75, 3.05) is 13.2 Å². The molecule has 1 fully saturated rings. The Morgan fingerprint density at radius 1 is 1.60 bits per heavy atom. The largest absolute Gasteiger partial charge is 0.380 e. The van der Waals surface area contributed by atoms with Crippen molar-refractivity contribution < 1.29 is 9.53 Å². The summed E-state index contributed by atoms with van der Waals surface area (Å²) in [5, 5.41) is 0.429. The molecule has 1 unspecified atom stereocenters. The number of aryl methyl sites for hydroxylation is 1. The molecule has 80 valence electrons. The van der Waals surface area contributed by atoms with Gasteiger partial charge >= 0.3 is 0 Å². The first kappa shape index (κ1) is 10.6. The third-order valence-electron chi connectivity index (χ3n) is 2.73. The van der Waals surface area contributed by atoms with Gasteiger partial charge in [-0.15, -0.1) is 0 Å². The fourth-order valence-corrected chi connectivity index (χ4v) is 2.08. The van der Waals surface area contributed by atoms with Crippen LogP contribution in [0.3, 0.4) is 0 Å². The van der Waals surface area contributed by atoms with Gasteiger partial charge in [-0.25, -0.2) is 4.98 Å². The summed E-state index contributed by atoms with van der Waals surface area (Å²) < 4.78 is 5.27. The van der Waals surface area contributed by atoms with Crippen LogP contribution in [0.5, 0.6) is 0 Å². The maximum atomic E-state index is 11.2. The maximum Gasteiger partial charge on any atom is 0.134 e. The lowest BCUT2D eigenvalue weighted by atomic mass is 9.84. The highest BCUT2D eigenvalue weighted by Gasteiger charge is 2.38. The van der Waals surface area contributed by atoms with E-state index in [0.717, 1.165) is 17.5 Å². The van der Waals surface area contributed by atoms with Crippen molar-refractivity contribution in [3.63, 3.8) is 0 Å². The first-order valence-corrected chi connectivity index (χ1v) is 5.23. The summed E-state index contributed by atoms with van der Waals surface area (Å²) in [7, 11) is 0. The predicted octanol–water partition coefficient (Wildman–Crippen LogP) is 1.90. The number of hydrogen-bond donors (Lipinski definition) is 0. The van der Waals surface area contributed by atoms with Crippen LogP contribution in [-0.4, -0.2) is 24.5 Å². The van der Waals surface area contributed by atoms with Gasteiger partial charge in [-0.05, 0) is 31.0 Å². The van der Waals surface area contributed by atoms with Crippen LogP contribution in [0.2, 0.25) is 5.15 Å². The summed E-state index contributed by atoms with van der Waals surface area (Å²) in [4.78, 5) is 15.4. The van der Waals surface area contributed by atoms with Crippen LogP contribution in [-0.2, 0) is 14.9 Å². The first-order chi connectivity index (χ1) is 7.16. The summed E-state index contributed by atoms with van der Waals surface area (Å²) in [6.07, 6.45) is 1.61. The Morgan fingerprint density at radius 3 is 2.93 bits per heavy atom. The number of aldehydes is 1. The van der Waals surface area contributed by atoms with E-state index in [9.17, 15) is 4.79 Å². The Labute approximate surface area is 93.4 Å². The molecular formula is C11H12ClNO2. The quantitative estimate of drug-likeness (QED) is 0.570. The van der Waals surface area contributed by atoms with Gasteiger partial charge in [0.1, 0.15) is 11.4 Å². The molecule has 0 aliphatic carbocycles. The molecule has 1 aliphatic heterocycles. The molecule has 0 bridgehead atoms. The minimum absolute atomic E-state index is 0.406. The number of aromatic nitrogens is 1. The molecule has 0 aromatic carbocycles. The maximum absolute atomic E-state index is 11.2.